The summed E-state index contributed by atoms with van der Waals surface area (Å²) in [6, 6.07) is 8.45. The highest BCUT2D eigenvalue weighted by atomic mass is 32.2. The monoisotopic (exact) mass is 296 g/mol. The summed E-state index contributed by atoms with van der Waals surface area (Å²) in [5.74, 6) is 0.393. The number of nitrogens with zero attached hydrogens (tertiary/aromatic N) is 1. The molecule has 20 heavy (non-hydrogen) atoms. The third kappa shape index (κ3) is 4.21. The van der Waals surface area contributed by atoms with Gasteiger partial charge in [0, 0.05) is 25.3 Å². The van der Waals surface area contributed by atoms with E-state index in [2.05, 4.69) is 36.5 Å². The van der Waals surface area contributed by atoms with E-state index in [1.807, 2.05) is 0 Å². The molecule has 1 N–H and O–H groups in total. The van der Waals surface area contributed by atoms with Crippen LogP contribution in [-0.4, -0.2) is 38.6 Å². The summed E-state index contributed by atoms with van der Waals surface area (Å²) in [5, 5.41) is 3.42. The molecule has 0 amide bonds. The zero-order valence-corrected chi connectivity index (χ0v) is 13.1. The van der Waals surface area contributed by atoms with Crippen LogP contribution in [0.3, 0.4) is 0 Å². The molecular formula is C15H24N2O2S. The first-order valence-electron chi connectivity index (χ1n) is 7.27. The van der Waals surface area contributed by atoms with Crippen molar-refractivity contribution in [3.05, 3.63) is 29.8 Å². The fourth-order valence-electron chi connectivity index (χ4n) is 2.62. The Bertz CT molecular complexity index is 525. The molecule has 4 nitrogen and oxygen atoms in total. The van der Waals surface area contributed by atoms with Crippen molar-refractivity contribution in [2.24, 2.45) is 5.92 Å². The van der Waals surface area contributed by atoms with Crippen molar-refractivity contribution in [3.63, 3.8) is 0 Å². The van der Waals surface area contributed by atoms with Gasteiger partial charge in [-0.2, -0.15) is 0 Å². The first kappa shape index (κ1) is 15.3. The lowest BCUT2D eigenvalue weighted by atomic mass is 9.99. The van der Waals surface area contributed by atoms with Gasteiger partial charge in [-0.3, -0.25) is 0 Å². The number of aryl methyl sites for hydroxylation is 1. The Hall–Kier alpha value is -1.07. The number of benzene rings is 1. The third-order valence-corrected chi connectivity index (χ3v) is 5.18. The molecule has 1 saturated heterocycles. The molecule has 0 aliphatic carbocycles. The maximum absolute atomic E-state index is 11.6. The normalized spacial score (nSPS) is 20.8. The molecule has 1 aliphatic rings. The van der Waals surface area contributed by atoms with Crippen LogP contribution >= 0.6 is 0 Å². The molecule has 1 heterocycles. The van der Waals surface area contributed by atoms with Gasteiger partial charge in [-0.15, -0.1) is 0 Å². The van der Waals surface area contributed by atoms with E-state index in [4.69, 9.17) is 0 Å². The summed E-state index contributed by atoms with van der Waals surface area (Å²) < 4.78 is 24.8. The summed E-state index contributed by atoms with van der Waals surface area (Å²) in [5.41, 5.74) is 2.44. The lowest BCUT2D eigenvalue weighted by Crippen LogP contribution is -2.41. The molecule has 0 radical (unpaired) electrons. The lowest BCUT2D eigenvalue weighted by molar-refractivity contribution is 0.277. The second-order valence-electron chi connectivity index (χ2n) is 5.56. The number of sulfonamides is 1. The minimum atomic E-state index is -3.05. The first-order valence-corrected chi connectivity index (χ1v) is 9.12. The van der Waals surface area contributed by atoms with Crippen molar-refractivity contribution >= 4 is 15.7 Å². The standard InChI is InChI=1S/C15H24N2O2S/c1-3-13-6-8-15(9-7-13)16-11-14-5-4-10-17(12-14)20(2,18)19/h6-9,14,16H,3-5,10-12H2,1-2H3. The Morgan fingerprint density at radius 1 is 1.30 bits per heavy atom. The summed E-state index contributed by atoms with van der Waals surface area (Å²) >= 11 is 0. The Labute approximate surface area is 122 Å². The number of anilines is 1. The van der Waals surface area contributed by atoms with E-state index in [9.17, 15) is 8.42 Å². The molecule has 1 fully saturated rings. The van der Waals surface area contributed by atoms with Gasteiger partial charge in [-0.1, -0.05) is 19.1 Å². The Kier molecular flexibility index (Phi) is 5.05. The zero-order valence-electron chi connectivity index (χ0n) is 12.3. The molecular weight excluding hydrogens is 272 g/mol. The summed E-state index contributed by atoms with van der Waals surface area (Å²) in [6.45, 7) is 4.28. The van der Waals surface area contributed by atoms with E-state index in [0.717, 1.165) is 31.5 Å². The van der Waals surface area contributed by atoms with Crippen molar-refractivity contribution in [1.82, 2.24) is 4.31 Å². The Morgan fingerprint density at radius 2 is 2.00 bits per heavy atom. The van der Waals surface area contributed by atoms with Crippen LogP contribution in [0.5, 0.6) is 0 Å². The highest BCUT2D eigenvalue weighted by molar-refractivity contribution is 7.88. The SMILES string of the molecule is CCc1ccc(NCC2CCCN(S(C)(=O)=O)C2)cc1. The average molecular weight is 296 g/mol. The maximum Gasteiger partial charge on any atom is 0.211 e. The topological polar surface area (TPSA) is 49.4 Å². The van der Waals surface area contributed by atoms with E-state index < -0.39 is 10.0 Å². The largest absolute Gasteiger partial charge is 0.385 e. The molecule has 0 aromatic heterocycles. The van der Waals surface area contributed by atoms with Crippen LogP contribution in [0, 0.1) is 5.92 Å². The van der Waals surface area contributed by atoms with Gasteiger partial charge in [0.25, 0.3) is 0 Å². The van der Waals surface area contributed by atoms with E-state index in [1.54, 1.807) is 4.31 Å². The second-order valence-corrected chi connectivity index (χ2v) is 7.54. The summed E-state index contributed by atoms with van der Waals surface area (Å²) in [6.07, 6.45) is 4.39. The quantitative estimate of drug-likeness (QED) is 0.907. The number of hydrogen-bond acceptors (Lipinski definition) is 3. The van der Waals surface area contributed by atoms with Crippen LogP contribution < -0.4 is 5.32 Å². The Balaban J connectivity index is 1.87. The summed E-state index contributed by atoms with van der Waals surface area (Å²) in [7, 11) is -3.05. The summed E-state index contributed by atoms with van der Waals surface area (Å²) in [4.78, 5) is 0. The van der Waals surface area contributed by atoms with Crippen LogP contribution in [0.15, 0.2) is 24.3 Å². The van der Waals surface area contributed by atoms with E-state index in [-0.39, 0.29) is 0 Å². The minimum absolute atomic E-state index is 0.393. The highest BCUT2D eigenvalue weighted by Crippen LogP contribution is 2.19. The Morgan fingerprint density at radius 3 is 2.60 bits per heavy atom. The van der Waals surface area contributed by atoms with Gasteiger partial charge < -0.3 is 5.32 Å². The molecule has 1 atom stereocenters. The smallest absolute Gasteiger partial charge is 0.211 e. The molecule has 1 aromatic carbocycles. The second kappa shape index (κ2) is 6.59. The van der Waals surface area contributed by atoms with Gasteiger partial charge in [-0.25, -0.2) is 12.7 Å². The molecule has 5 heteroatoms. The van der Waals surface area contributed by atoms with Crippen LogP contribution in [0.1, 0.15) is 25.3 Å². The fourth-order valence-corrected chi connectivity index (χ4v) is 3.56. The van der Waals surface area contributed by atoms with Gasteiger partial charge in [0.05, 0.1) is 6.26 Å². The van der Waals surface area contributed by atoms with Gasteiger partial charge in [0.2, 0.25) is 10.0 Å². The first-order chi connectivity index (χ1) is 9.49. The third-order valence-electron chi connectivity index (χ3n) is 3.91. The van der Waals surface area contributed by atoms with Crippen LogP contribution in [0.2, 0.25) is 0 Å². The zero-order chi connectivity index (χ0) is 14.6. The highest BCUT2D eigenvalue weighted by Gasteiger charge is 2.25. The van der Waals surface area contributed by atoms with E-state index in [0.29, 0.717) is 19.0 Å². The lowest BCUT2D eigenvalue weighted by Gasteiger charge is -2.31. The van der Waals surface area contributed by atoms with Crippen molar-refractivity contribution in [1.29, 1.82) is 0 Å². The van der Waals surface area contributed by atoms with Crippen molar-refractivity contribution in [3.8, 4) is 0 Å². The van der Waals surface area contributed by atoms with E-state index >= 15 is 0 Å². The number of nitrogens with one attached hydrogen (secondary N) is 1. The molecule has 2 rings (SSSR count). The van der Waals surface area contributed by atoms with Crippen LogP contribution in [-0.2, 0) is 16.4 Å². The van der Waals surface area contributed by atoms with Gasteiger partial charge >= 0.3 is 0 Å². The van der Waals surface area contributed by atoms with Crippen molar-refractivity contribution < 1.29 is 8.42 Å². The van der Waals surface area contributed by atoms with Crippen LogP contribution in [0.4, 0.5) is 5.69 Å². The van der Waals surface area contributed by atoms with E-state index in [1.165, 1.54) is 11.8 Å². The van der Waals surface area contributed by atoms with Gasteiger partial charge in [-0.05, 0) is 42.9 Å². The molecule has 1 aliphatic heterocycles. The average Bonchev–Trinajstić information content (AvgIpc) is 2.45. The van der Waals surface area contributed by atoms with Crippen molar-refractivity contribution in [2.45, 2.75) is 26.2 Å². The molecule has 0 bridgehead atoms. The maximum atomic E-state index is 11.6. The predicted molar refractivity (Wildman–Crippen MR) is 83.5 cm³/mol. The molecule has 0 saturated carbocycles. The predicted octanol–water partition coefficient (Wildman–Crippen LogP) is 2.33. The van der Waals surface area contributed by atoms with Gasteiger partial charge in [0.15, 0.2) is 0 Å². The minimum Gasteiger partial charge on any atom is -0.385 e. The fraction of sp³-hybridized carbons (Fsp3) is 0.600. The molecule has 0 spiro atoms. The number of hydrogen-bond donors (Lipinski definition) is 1. The number of rotatable bonds is 5. The number of piperidine rings is 1. The van der Waals surface area contributed by atoms with Crippen molar-refractivity contribution in [2.75, 3.05) is 31.2 Å². The molecule has 112 valence electrons. The molecule has 1 aromatic rings. The van der Waals surface area contributed by atoms with Crippen LogP contribution in [0.25, 0.3) is 0 Å². The van der Waals surface area contributed by atoms with Gasteiger partial charge in [0.1, 0.15) is 0 Å². The molecule has 1 unspecified atom stereocenters.